The number of hydrogen-bond donors (Lipinski definition) is 0. The standard InChI is InChI=1S/C14H12BrFO2/c1-17-14-7-2-11(15)8-10(14)9-18-13-5-3-12(16)4-6-13/h2-8H,9H2,1H3. The Balaban J connectivity index is 2.09. The van der Waals surface area contributed by atoms with Crippen LogP contribution < -0.4 is 9.47 Å². The molecule has 0 unspecified atom stereocenters. The SMILES string of the molecule is COc1ccc(Br)cc1COc1ccc(F)cc1. The van der Waals surface area contributed by atoms with Crippen molar-refractivity contribution in [2.75, 3.05) is 7.11 Å². The Morgan fingerprint density at radius 2 is 1.83 bits per heavy atom. The van der Waals surface area contributed by atoms with Gasteiger partial charge in [-0.25, -0.2) is 4.39 Å². The predicted molar refractivity (Wildman–Crippen MR) is 71.4 cm³/mol. The third-order valence-electron chi connectivity index (χ3n) is 2.45. The highest BCUT2D eigenvalue weighted by atomic mass is 79.9. The fourth-order valence-electron chi connectivity index (χ4n) is 1.55. The summed E-state index contributed by atoms with van der Waals surface area (Å²) in [5.41, 5.74) is 0.927. The summed E-state index contributed by atoms with van der Waals surface area (Å²) < 4.78 is 24.5. The third-order valence-corrected chi connectivity index (χ3v) is 2.94. The Hall–Kier alpha value is -1.55. The van der Waals surface area contributed by atoms with Gasteiger partial charge in [-0.3, -0.25) is 0 Å². The van der Waals surface area contributed by atoms with Crippen LogP contribution in [0.15, 0.2) is 46.9 Å². The number of hydrogen-bond acceptors (Lipinski definition) is 2. The lowest BCUT2D eigenvalue weighted by Gasteiger charge is -2.10. The molecule has 2 nitrogen and oxygen atoms in total. The monoisotopic (exact) mass is 310 g/mol. The molecule has 0 N–H and O–H groups in total. The Kier molecular flexibility index (Phi) is 4.20. The van der Waals surface area contributed by atoms with Crippen LogP contribution in [0.2, 0.25) is 0 Å². The molecule has 18 heavy (non-hydrogen) atoms. The maximum absolute atomic E-state index is 12.7. The zero-order valence-corrected chi connectivity index (χ0v) is 11.4. The fraction of sp³-hybridized carbons (Fsp3) is 0.143. The van der Waals surface area contributed by atoms with E-state index in [2.05, 4.69) is 15.9 Å². The Bertz CT molecular complexity index is 526. The van der Waals surface area contributed by atoms with Crippen molar-refractivity contribution in [3.05, 3.63) is 58.3 Å². The molecule has 0 fully saturated rings. The summed E-state index contributed by atoms with van der Waals surface area (Å²) in [6.45, 7) is 0.369. The maximum atomic E-state index is 12.7. The van der Waals surface area contributed by atoms with Crippen molar-refractivity contribution >= 4 is 15.9 Å². The topological polar surface area (TPSA) is 18.5 Å². The van der Waals surface area contributed by atoms with E-state index in [4.69, 9.17) is 9.47 Å². The van der Waals surface area contributed by atoms with Gasteiger partial charge in [-0.15, -0.1) is 0 Å². The van der Waals surface area contributed by atoms with Crippen molar-refractivity contribution < 1.29 is 13.9 Å². The number of benzene rings is 2. The van der Waals surface area contributed by atoms with Gasteiger partial charge < -0.3 is 9.47 Å². The number of methoxy groups -OCH3 is 1. The third kappa shape index (κ3) is 3.23. The molecule has 0 aliphatic heterocycles. The second kappa shape index (κ2) is 5.87. The largest absolute Gasteiger partial charge is 0.496 e. The van der Waals surface area contributed by atoms with Crippen LogP contribution in [0.25, 0.3) is 0 Å². The van der Waals surface area contributed by atoms with Crippen LogP contribution in [0.4, 0.5) is 4.39 Å². The zero-order valence-electron chi connectivity index (χ0n) is 9.82. The minimum Gasteiger partial charge on any atom is -0.496 e. The van der Waals surface area contributed by atoms with E-state index in [0.29, 0.717) is 12.4 Å². The van der Waals surface area contributed by atoms with Crippen LogP contribution in [-0.4, -0.2) is 7.11 Å². The molecule has 0 aromatic heterocycles. The highest BCUT2D eigenvalue weighted by molar-refractivity contribution is 9.10. The van der Waals surface area contributed by atoms with E-state index in [1.807, 2.05) is 18.2 Å². The first-order valence-corrected chi connectivity index (χ1v) is 6.19. The first kappa shape index (κ1) is 12.9. The van der Waals surface area contributed by atoms with Crippen molar-refractivity contribution in [1.82, 2.24) is 0 Å². The molecule has 4 heteroatoms. The second-order valence-electron chi connectivity index (χ2n) is 3.70. The van der Waals surface area contributed by atoms with E-state index in [-0.39, 0.29) is 5.82 Å². The summed E-state index contributed by atoms with van der Waals surface area (Å²) >= 11 is 3.40. The van der Waals surface area contributed by atoms with Crippen LogP contribution in [-0.2, 0) is 6.61 Å². The van der Waals surface area contributed by atoms with Gasteiger partial charge in [-0.2, -0.15) is 0 Å². The second-order valence-corrected chi connectivity index (χ2v) is 4.61. The molecule has 0 amide bonds. The molecule has 2 rings (SSSR count). The highest BCUT2D eigenvalue weighted by Crippen LogP contribution is 2.24. The first-order chi connectivity index (χ1) is 8.69. The van der Waals surface area contributed by atoms with Crippen LogP contribution >= 0.6 is 15.9 Å². The van der Waals surface area contributed by atoms with Gasteiger partial charge in [0.05, 0.1) is 7.11 Å². The van der Waals surface area contributed by atoms with E-state index in [1.165, 1.54) is 12.1 Å². The quantitative estimate of drug-likeness (QED) is 0.843. The summed E-state index contributed by atoms with van der Waals surface area (Å²) in [6, 6.07) is 11.6. The summed E-state index contributed by atoms with van der Waals surface area (Å²) in [4.78, 5) is 0. The van der Waals surface area contributed by atoms with Gasteiger partial charge in [0.1, 0.15) is 23.9 Å². The first-order valence-electron chi connectivity index (χ1n) is 5.40. The normalized spacial score (nSPS) is 10.2. The molecule has 2 aromatic rings. The summed E-state index contributed by atoms with van der Waals surface area (Å²) in [7, 11) is 1.62. The predicted octanol–water partition coefficient (Wildman–Crippen LogP) is 4.18. The minimum absolute atomic E-state index is 0.276. The smallest absolute Gasteiger partial charge is 0.125 e. The Morgan fingerprint density at radius 1 is 1.11 bits per heavy atom. The molecule has 0 saturated heterocycles. The fourth-order valence-corrected chi connectivity index (χ4v) is 1.96. The average molecular weight is 311 g/mol. The zero-order chi connectivity index (χ0) is 13.0. The van der Waals surface area contributed by atoms with Crippen molar-refractivity contribution in [3.63, 3.8) is 0 Å². The number of halogens is 2. The molecule has 0 bridgehead atoms. The molecule has 0 radical (unpaired) electrons. The summed E-state index contributed by atoms with van der Waals surface area (Å²) in [6.07, 6.45) is 0. The maximum Gasteiger partial charge on any atom is 0.125 e. The number of rotatable bonds is 4. The van der Waals surface area contributed by atoms with Crippen molar-refractivity contribution in [2.45, 2.75) is 6.61 Å². The molecule has 0 saturated carbocycles. The molecule has 0 heterocycles. The molecular formula is C14H12BrFO2. The summed E-state index contributed by atoms with van der Waals surface area (Å²) in [5, 5.41) is 0. The molecule has 0 spiro atoms. The van der Waals surface area contributed by atoms with Gasteiger partial charge in [-0.05, 0) is 42.5 Å². The van der Waals surface area contributed by atoms with Crippen molar-refractivity contribution in [1.29, 1.82) is 0 Å². The van der Waals surface area contributed by atoms with Gasteiger partial charge in [-0.1, -0.05) is 15.9 Å². The van der Waals surface area contributed by atoms with Crippen molar-refractivity contribution in [3.8, 4) is 11.5 Å². The molecule has 0 aliphatic rings. The molecule has 94 valence electrons. The van der Waals surface area contributed by atoms with Crippen LogP contribution in [0, 0.1) is 5.82 Å². The van der Waals surface area contributed by atoms with Crippen LogP contribution in [0.3, 0.4) is 0 Å². The average Bonchev–Trinajstić information content (AvgIpc) is 2.38. The van der Waals surface area contributed by atoms with Crippen molar-refractivity contribution in [2.24, 2.45) is 0 Å². The van der Waals surface area contributed by atoms with E-state index < -0.39 is 0 Å². The van der Waals surface area contributed by atoms with Gasteiger partial charge in [0.2, 0.25) is 0 Å². The molecule has 0 atom stereocenters. The van der Waals surface area contributed by atoms with Crippen LogP contribution in [0.5, 0.6) is 11.5 Å². The summed E-state index contributed by atoms with van der Waals surface area (Å²) in [5.74, 6) is 1.11. The lowest BCUT2D eigenvalue weighted by Crippen LogP contribution is -1.98. The van der Waals surface area contributed by atoms with Gasteiger partial charge in [0, 0.05) is 10.0 Å². The van der Waals surface area contributed by atoms with E-state index in [0.717, 1.165) is 15.8 Å². The van der Waals surface area contributed by atoms with Gasteiger partial charge >= 0.3 is 0 Å². The highest BCUT2D eigenvalue weighted by Gasteiger charge is 2.04. The molecule has 2 aromatic carbocycles. The number of ether oxygens (including phenoxy) is 2. The van der Waals surface area contributed by atoms with Gasteiger partial charge in [0.25, 0.3) is 0 Å². The lowest BCUT2D eigenvalue weighted by molar-refractivity contribution is 0.296. The lowest BCUT2D eigenvalue weighted by atomic mass is 10.2. The van der Waals surface area contributed by atoms with E-state index in [1.54, 1.807) is 19.2 Å². The molecular weight excluding hydrogens is 299 g/mol. The molecule has 0 aliphatic carbocycles. The Morgan fingerprint density at radius 3 is 2.50 bits per heavy atom. The van der Waals surface area contributed by atoms with Crippen LogP contribution in [0.1, 0.15) is 5.56 Å². The van der Waals surface area contributed by atoms with E-state index >= 15 is 0 Å². The minimum atomic E-state index is -0.276. The Labute approximate surface area is 113 Å². The van der Waals surface area contributed by atoms with Gasteiger partial charge in [0.15, 0.2) is 0 Å². The van der Waals surface area contributed by atoms with E-state index in [9.17, 15) is 4.39 Å².